The van der Waals surface area contributed by atoms with Crippen LogP contribution in [0.3, 0.4) is 0 Å². The van der Waals surface area contributed by atoms with Crippen LogP contribution in [0.1, 0.15) is 12.8 Å². The molecule has 0 spiro atoms. The van der Waals surface area contributed by atoms with Crippen LogP contribution in [-0.2, 0) is 4.74 Å². The first kappa shape index (κ1) is 10.8. The zero-order valence-electron chi connectivity index (χ0n) is 8.94. The smallest absolute Gasteiger partial charge is 0.118 e. The molecular formula is C12H16O2S. The van der Waals surface area contributed by atoms with E-state index in [0.717, 1.165) is 18.1 Å². The fourth-order valence-corrected chi connectivity index (χ4v) is 2.61. The first-order valence-corrected chi connectivity index (χ1v) is 6.25. The molecule has 2 rings (SSSR count). The Labute approximate surface area is 95.0 Å². The minimum absolute atomic E-state index is 0.456. The predicted molar refractivity (Wildman–Crippen MR) is 62.7 cm³/mol. The highest BCUT2D eigenvalue weighted by atomic mass is 32.2. The highest BCUT2D eigenvalue weighted by Crippen LogP contribution is 2.25. The lowest BCUT2D eigenvalue weighted by Gasteiger charge is -2.08. The van der Waals surface area contributed by atoms with E-state index < -0.39 is 0 Å². The van der Waals surface area contributed by atoms with Gasteiger partial charge in [0.1, 0.15) is 5.75 Å². The van der Waals surface area contributed by atoms with E-state index in [2.05, 4.69) is 12.1 Å². The third kappa shape index (κ3) is 3.14. The lowest BCUT2D eigenvalue weighted by Crippen LogP contribution is -2.07. The minimum atomic E-state index is 0.456. The minimum Gasteiger partial charge on any atom is -0.497 e. The summed E-state index contributed by atoms with van der Waals surface area (Å²) in [5, 5.41) is 0. The molecule has 0 aliphatic carbocycles. The van der Waals surface area contributed by atoms with E-state index in [4.69, 9.17) is 9.47 Å². The Bertz CT molecular complexity index is 291. The topological polar surface area (TPSA) is 18.5 Å². The van der Waals surface area contributed by atoms with E-state index in [1.165, 1.54) is 17.7 Å². The second-order valence-corrected chi connectivity index (χ2v) is 4.71. The third-order valence-electron chi connectivity index (χ3n) is 2.52. The average molecular weight is 224 g/mol. The van der Waals surface area contributed by atoms with Crippen LogP contribution in [0.4, 0.5) is 0 Å². The third-order valence-corrected chi connectivity index (χ3v) is 3.66. The number of rotatable bonds is 4. The molecule has 2 nitrogen and oxygen atoms in total. The fourth-order valence-electron chi connectivity index (χ4n) is 1.64. The Morgan fingerprint density at radius 2 is 2.20 bits per heavy atom. The number of hydrogen-bond donors (Lipinski definition) is 0. The second kappa shape index (κ2) is 5.42. The van der Waals surface area contributed by atoms with Crippen molar-refractivity contribution >= 4 is 11.8 Å². The van der Waals surface area contributed by atoms with Crippen LogP contribution in [0.15, 0.2) is 29.2 Å². The molecule has 0 amide bonds. The van der Waals surface area contributed by atoms with Gasteiger partial charge in [-0.25, -0.2) is 0 Å². The first-order valence-electron chi connectivity index (χ1n) is 5.27. The van der Waals surface area contributed by atoms with E-state index in [0.29, 0.717) is 6.10 Å². The van der Waals surface area contributed by atoms with Gasteiger partial charge < -0.3 is 9.47 Å². The summed E-state index contributed by atoms with van der Waals surface area (Å²) in [6.45, 7) is 0.938. The summed E-state index contributed by atoms with van der Waals surface area (Å²) in [7, 11) is 1.69. The molecule has 1 aliphatic heterocycles. The first-order chi connectivity index (χ1) is 7.38. The molecule has 0 radical (unpaired) electrons. The van der Waals surface area contributed by atoms with Crippen LogP contribution in [0.25, 0.3) is 0 Å². The number of hydrogen-bond acceptors (Lipinski definition) is 3. The summed E-state index contributed by atoms with van der Waals surface area (Å²) >= 11 is 1.86. The Hall–Kier alpha value is -0.670. The van der Waals surface area contributed by atoms with Crippen molar-refractivity contribution in [2.45, 2.75) is 23.8 Å². The SMILES string of the molecule is COc1ccc(SCC2CCCO2)cc1. The fraction of sp³-hybridized carbons (Fsp3) is 0.500. The van der Waals surface area contributed by atoms with Crippen molar-refractivity contribution in [3.8, 4) is 5.75 Å². The summed E-state index contributed by atoms with van der Waals surface area (Å²) in [4.78, 5) is 1.28. The van der Waals surface area contributed by atoms with Gasteiger partial charge in [0.25, 0.3) is 0 Å². The maximum absolute atomic E-state index is 5.57. The molecule has 1 aromatic carbocycles. The second-order valence-electron chi connectivity index (χ2n) is 3.62. The molecule has 82 valence electrons. The molecule has 1 fully saturated rings. The van der Waals surface area contributed by atoms with Gasteiger partial charge in [-0.1, -0.05) is 0 Å². The number of ether oxygens (including phenoxy) is 2. The Morgan fingerprint density at radius 1 is 1.40 bits per heavy atom. The van der Waals surface area contributed by atoms with Gasteiger partial charge >= 0.3 is 0 Å². The molecule has 15 heavy (non-hydrogen) atoms. The molecule has 1 saturated heterocycles. The molecule has 0 aromatic heterocycles. The van der Waals surface area contributed by atoms with Gasteiger partial charge in [0.15, 0.2) is 0 Å². The highest BCUT2D eigenvalue weighted by Gasteiger charge is 2.15. The normalized spacial score (nSPS) is 20.5. The molecule has 1 unspecified atom stereocenters. The molecular weight excluding hydrogens is 208 g/mol. The molecule has 1 aromatic rings. The summed E-state index contributed by atoms with van der Waals surface area (Å²) in [6.07, 6.45) is 2.88. The Kier molecular flexibility index (Phi) is 3.92. The maximum atomic E-state index is 5.57. The molecule has 1 atom stereocenters. The molecule has 3 heteroatoms. The Balaban J connectivity index is 1.82. The monoisotopic (exact) mass is 224 g/mol. The molecule has 1 heterocycles. The van der Waals surface area contributed by atoms with Gasteiger partial charge in [-0.3, -0.25) is 0 Å². The van der Waals surface area contributed by atoms with E-state index in [1.54, 1.807) is 7.11 Å². The van der Waals surface area contributed by atoms with Crippen molar-refractivity contribution in [2.75, 3.05) is 19.5 Å². The van der Waals surface area contributed by atoms with Crippen molar-refractivity contribution in [2.24, 2.45) is 0 Å². The quantitative estimate of drug-likeness (QED) is 0.733. The zero-order chi connectivity index (χ0) is 10.5. The van der Waals surface area contributed by atoms with Crippen LogP contribution < -0.4 is 4.74 Å². The van der Waals surface area contributed by atoms with Crippen molar-refractivity contribution in [1.82, 2.24) is 0 Å². The number of thioether (sulfide) groups is 1. The molecule has 0 bridgehead atoms. The van der Waals surface area contributed by atoms with Crippen molar-refractivity contribution in [3.63, 3.8) is 0 Å². The lowest BCUT2D eigenvalue weighted by atomic mass is 10.3. The molecule has 0 saturated carbocycles. The van der Waals surface area contributed by atoms with Gasteiger partial charge in [0, 0.05) is 17.3 Å². The van der Waals surface area contributed by atoms with E-state index in [9.17, 15) is 0 Å². The lowest BCUT2D eigenvalue weighted by molar-refractivity contribution is 0.129. The van der Waals surface area contributed by atoms with Gasteiger partial charge in [-0.05, 0) is 37.1 Å². The van der Waals surface area contributed by atoms with Gasteiger partial charge in [-0.2, -0.15) is 0 Å². The zero-order valence-corrected chi connectivity index (χ0v) is 9.76. The maximum Gasteiger partial charge on any atom is 0.118 e. The Morgan fingerprint density at radius 3 is 2.80 bits per heavy atom. The largest absolute Gasteiger partial charge is 0.497 e. The summed E-state index contributed by atoms with van der Waals surface area (Å²) in [5.41, 5.74) is 0. The van der Waals surface area contributed by atoms with Crippen LogP contribution in [0.2, 0.25) is 0 Å². The van der Waals surface area contributed by atoms with Crippen molar-refractivity contribution < 1.29 is 9.47 Å². The van der Waals surface area contributed by atoms with E-state index in [-0.39, 0.29) is 0 Å². The highest BCUT2D eigenvalue weighted by molar-refractivity contribution is 7.99. The standard InChI is InChI=1S/C12H16O2S/c1-13-10-4-6-12(7-5-10)15-9-11-3-2-8-14-11/h4-7,11H,2-3,8-9H2,1H3. The molecule has 0 N–H and O–H groups in total. The van der Waals surface area contributed by atoms with Gasteiger partial charge in [-0.15, -0.1) is 11.8 Å². The van der Waals surface area contributed by atoms with Crippen LogP contribution in [0, 0.1) is 0 Å². The van der Waals surface area contributed by atoms with Crippen molar-refractivity contribution in [1.29, 1.82) is 0 Å². The predicted octanol–water partition coefficient (Wildman–Crippen LogP) is 2.97. The van der Waals surface area contributed by atoms with Crippen LogP contribution in [-0.4, -0.2) is 25.6 Å². The van der Waals surface area contributed by atoms with Gasteiger partial charge in [0.2, 0.25) is 0 Å². The number of methoxy groups -OCH3 is 1. The van der Waals surface area contributed by atoms with E-state index in [1.807, 2.05) is 23.9 Å². The van der Waals surface area contributed by atoms with Gasteiger partial charge in [0.05, 0.1) is 13.2 Å². The summed E-state index contributed by atoms with van der Waals surface area (Å²) in [5.74, 6) is 1.98. The van der Waals surface area contributed by atoms with E-state index >= 15 is 0 Å². The summed E-state index contributed by atoms with van der Waals surface area (Å²) in [6, 6.07) is 8.19. The van der Waals surface area contributed by atoms with Crippen LogP contribution >= 0.6 is 11.8 Å². The molecule has 1 aliphatic rings. The number of benzene rings is 1. The average Bonchev–Trinajstić information content (AvgIpc) is 2.80. The van der Waals surface area contributed by atoms with Crippen LogP contribution in [0.5, 0.6) is 5.75 Å². The summed E-state index contributed by atoms with van der Waals surface area (Å²) < 4.78 is 10.7. The van der Waals surface area contributed by atoms with Crippen molar-refractivity contribution in [3.05, 3.63) is 24.3 Å².